The van der Waals surface area contributed by atoms with E-state index in [0.29, 0.717) is 22.3 Å². The van der Waals surface area contributed by atoms with Crippen LogP contribution in [0.15, 0.2) is 54.6 Å². The van der Waals surface area contributed by atoms with Gasteiger partial charge in [0.1, 0.15) is 11.5 Å². The molecule has 0 spiro atoms. The molecule has 0 saturated carbocycles. The van der Waals surface area contributed by atoms with Gasteiger partial charge in [-0.2, -0.15) is 5.26 Å². The molecule has 3 aromatic carbocycles. The summed E-state index contributed by atoms with van der Waals surface area (Å²) in [4.78, 5) is 0. The lowest BCUT2D eigenvalue weighted by Gasteiger charge is -2.14. The molecule has 0 amide bonds. The highest BCUT2D eigenvalue weighted by Gasteiger charge is 2.10. The Bertz CT molecular complexity index is 976. The first kappa shape index (κ1) is 19.2. The van der Waals surface area contributed by atoms with Crippen LogP contribution in [0.5, 0.6) is 11.5 Å². The van der Waals surface area contributed by atoms with Crippen LogP contribution < -0.4 is 10.1 Å². The molecule has 3 nitrogen and oxygen atoms in total. The maximum Gasteiger partial charge on any atom is 0.146 e. The fraction of sp³-hybridized carbons (Fsp3) is 0.261. The van der Waals surface area contributed by atoms with Crippen LogP contribution in [0, 0.1) is 17.2 Å². The zero-order valence-corrected chi connectivity index (χ0v) is 16.4. The molecule has 1 N–H and O–H groups in total. The highest BCUT2D eigenvalue weighted by atomic mass is 35.5. The molecule has 0 aliphatic heterocycles. The average Bonchev–Trinajstić information content (AvgIpc) is 2.67. The van der Waals surface area contributed by atoms with E-state index >= 15 is 0 Å². The number of nitriles is 1. The van der Waals surface area contributed by atoms with Gasteiger partial charge in [0.15, 0.2) is 0 Å². The molecule has 27 heavy (non-hydrogen) atoms. The minimum absolute atomic E-state index is 0.428. The van der Waals surface area contributed by atoms with Crippen molar-refractivity contribution in [1.29, 1.82) is 5.26 Å². The van der Waals surface area contributed by atoms with Crippen LogP contribution in [0.2, 0.25) is 5.02 Å². The number of benzene rings is 3. The summed E-state index contributed by atoms with van der Waals surface area (Å²) >= 11 is 6.26. The highest BCUT2D eigenvalue weighted by molar-refractivity contribution is 6.32. The van der Waals surface area contributed by atoms with Gasteiger partial charge in [-0.15, -0.1) is 0 Å². The first-order chi connectivity index (χ1) is 13.1. The van der Waals surface area contributed by atoms with Gasteiger partial charge in [0.05, 0.1) is 16.7 Å². The predicted molar refractivity (Wildman–Crippen MR) is 111 cm³/mol. The lowest BCUT2D eigenvalue weighted by molar-refractivity contribution is 0.488. The van der Waals surface area contributed by atoms with Gasteiger partial charge < -0.3 is 10.1 Å². The minimum Gasteiger partial charge on any atom is -0.455 e. The van der Waals surface area contributed by atoms with Gasteiger partial charge in [-0.25, -0.2) is 0 Å². The van der Waals surface area contributed by atoms with Crippen LogP contribution in [0.1, 0.15) is 31.4 Å². The maximum absolute atomic E-state index is 8.98. The van der Waals surface area contributed by atoms with Crippen LogP contribution in [-0.4, -0.2) is 6.54 Å². The van der Waals surface area contributed by atoms with Gasteiger partial charge >= 0.3 is 0 Å². The summed E-state index contributed by atoms with van der Waals surface area (Å²) in [5, 5.41) is 15.1. The molecule has 0 heterocycles. The van der Waals surface area contributed by atoms with Crippen molar-refractivity contribution in [2.45, 2.75) is 26.8 Å². The molecular weight excluding hydrogens is 356 g/mol. The molecule has 3 rings (SSSR count). The Hall–Kier alpha value is -2.54. The van der Waals surface area contributed by atoms with Gasteiger partial charge in [0.25, 0.3) is 0 Å². The van der Waals surface area contributed by atoms with Crippen molar-refractivity contribution in [2.75, 3.05) is 6.54 Å². The van der Waals surface area contributed by atoms with Gasteiger partial charge in [-0.1, -0.05) is 55.8 Å². The van der Waals surface area contributed by atoms with Crippen molar-refractivity contribution >= 4 is 22.4 Å². The fourth-order valence-electron chi connectivity index (χ4n) is 2.96. The van der Waals surface area contributed by atoms with Crippen LogP contribution in [0.3, 0.4) is 0 Å². The number of hydrogen-bond donors (Lipinski definition) is 1. The molecule has 0 aromatic heterocycles. The standard InChI is InChI=1S/C23H23ClN2O/c1-16(2)11-12-26-15-18-8-10-22(20-6-4-3-5-19(18)20)27-23-9-7-17(14-25)13-21(23)24/h3-10,13,16,26H,11-12,15H2,1-2H3. The van der Waals surface area contributed by atoms with Gasteiger partial charge in [-0.05, 0) is 54.1 Å². The molecule has 0 atom stereocenters. The van der Waals surface area contributed by atoms with Crippen molar-refractivity contribution in [3.05, 3.63) is 70.7 Å². The third-order valence-corrected chi connectivity index (χ3v) is 4.76. The lowest BCUT2D eigenvalue weighted by atomic mass is 10.0. The summed E-state index contributed by atoms with van der Waals surface area (Å²) in [5.41, 5.74) is 1.76. The lowest BCUT2D eigenvalue weighted by Crippen LogP contribution is -2.16. The summed E-state index contributed by atoms with van der Waals surface area (Å²) < 4.78 is 6.07. The monoisotopic (exact) mass is 378 g/mol. The molecule has 0 radical (unpaired) electrons. The Morgan fingerprint density at radius 1 is 1.04 bits per heavy atom. The van der Waals surface area contributed by atoms with Crippen LogP contribution in [0.4, 0.5) is 0 Å². The minimum atomic E-state index is 0.428. The van der Waals surface area contributed by atoms with Crippen LogP contribution >= 0.6 is 11.6 Å². The van der Waals surface area contributed by atoms with E-state index < -0.39 is 0 Å². The molecule has 0 unspecified atom stereocenters. The Kier molecular flexibility index (Phi) is 6.34. The Balaban J connectivity index is 1.85. The Morgan fingerprint density at radius 2 is 1.78 bits per heavy atom. The average molecular weight is 379 g/mol. The second-order valence-corrected chi connectivity index (χ2v) is 7.39. The summed E-state index contributed by atoms with van der Waals surface area (Å²) in [6, 6.07) is 19.4. The number of ether oxygens (including phenoxy) is 1. The third kappa shape index (κ3) is 4.80. The van der Waals surface area contributed by atoms with Crippen molar-refractivity contribution in [1.82, 2.24) is 5.32 Å². The molecule has 0 fully saturated rings. The van der Waals surface area contributed by atoms with E-state index in [1.165, 1.54) is 5.56 Å². The summed E-state index contributed by atoms with van der Waals surface area (Å²) in [5.74, 6) is 1.99. The third-order valence-electron chi connectivity index (χ3n) is 4.47. The van der Waals surface area contributed by atoms with E-state index in [-0.39, 0.29) is 0 Å². The SMILES string of the molecule is CC(C)CCNCc1ccc(Oc2ccc(C#N)cc2Cl)c2ccccc12. The largest absolute Gasteiger partial charge is 0.455 e. The number of hydrogen-bond acceptors (Lipinski definition) is 3. The zero-order chi connectivity index (χ0) is 19.2. The van der Waals surface area contributed by atoms with Crippen molar-refractivity contribution in [3.8, 4) is 17.6 Å². The zero-order valence-electron chi connectivity index (χ0n) is 15.6. The Morgan fingerprint density at radius 3 is 2.48 bits per heavy atom. The van der Waals surface area contributed by atoms with E-state index in [4.69, 9.17) is 21.6 Å². The second kappa shape index (κ2) is 8.90. The van der Waals surface area contributed by atoms with Gasteiger partial charge in [-0.3, -0.25) is 0 Å². The van der Waals surface area contributed by atoms with Crippen LogP contribution in [-0.2, 0) is 6.54 Å². The summed E-state index contributed by atoms with van der Waals surface area (Å²) in [6.07, 6.45) is 1.16. The number of nitrogens with one attached hydrogen (secondary N) is 1. The number of fused-ring (bicyclic) bond motifs is 1. The molecule has 4 heteroatoms. The van der Waals surface area contributed by atoms with Crippen LogP contribution in [0.25, 0.3) is 10.8 Å². The van der Waals surface area contributed by atoms with E-state index in [1.807, 2.05) is 18.2 Å². The fourth-order valence-corrected chi connectivity index (χ4v) is 3.18. The first-order valence-electron chi connectivity index (χ1n) is 9.17. The van der Waals surface area contributed by atoms with E-state index in [9.17, 15) is 0 Å². The normalized spacial score (nSPS) is 10.9. The van der Waals surface area contributed by atoms with Gasteiger partial charge in [0.2, 0.25) is 0 Å². The number of rotatable bonds is 7. The summed E-state index contributed by atoms with van der Waals surface area (Å²) in [7, 11) is 0. The predicted octanol–water partition coefficient (Wildman–Crippen LogP) is 6.29. The Labute approximate surface area is 165 Å². The second-order valence-electron chi connectivity index (χ2n) is 6.99. The first-order valence-corrected chi connectivity index (χ1v) is 9.55. The topological polar surface area (TPSA) is 45.0 Å². The molecule has 0 saturated heterocycles. The molecule has 0 aliphatic carbocycles. The van der Waals surface area contributed by atoms with Crippen molar-refractivity contribution in [3.63, 3.8) is 0 Å². The van der Waals surface area contributed by atoms with Crippen molar-refractivity contribution < 1.29 is 4.74 Å². The molecule has 138 valence electrons. The van der Waals surface area contributed by atoms with E-state index in [0.717, 1.165) is 36.0 Å². The smallest absolute Gasteiger partial charge is 0.146 e. The molecule has 0 bridgehead atoms. The summed E-state index contributed by atoms with van der Waals surface area (Å²) in [6.45, 7) is 6.30. The maximum atomic E-state index is 8.98. The molecular formula is C23H23ClN2O. The highest BCUT2D eigenvalue weighted by Crippen LogP contribution is 2.35. The quantitative estimate of drug-likeness (QED) is 0.491. The van der Waals surface area contributed by atoms with E-state index in [2.05, 4.69) is 43.4 Å². The molecule has 3 aromatic rings. The number of nitrogens with zero attached hydrogens (tertiary/aromatic N) is 1. The van der Waals surface area contributed by atoms with Gasteiger partial charge in [0, 0.05) is 11.9 Å². The van der Waals surface area contributed by atoms with Crippen molar-refractivity contribution in [2.24, 2.45) is 5.92 Å². The molecule has 0 aliphatic rings. The number of halogens is 1. The van der Waals surface area contributed by atoms with E-state index in [1.54, 1.807) is 18.2 Å².